The van der Waals surface area contributed by atoms with Crippen LogP contribution in [0.5, 0.6) is 5.88 Å². The van der Waals surface area contributed by atoms with E-state index in [1.807, 2.05) is 18.2 Å². The number of rotatable bonds is 4. The molecule has 3 aromatic heterocycles. The number of benzene rings is 1. The first-order valence-electron chi connectivity index (χ1n) is 9.50. The molecule has 0 atom stereocenters. The summed E-state index contributed by atoms with van der Waals surface area (Å²) in [5.74, 6) is 0.419. The van der Waals surface area contributed by atoms with Crippen LogP contribution in [0.3, 0.4) is 0 Å². The number of fused-ring (bicyclic) bond motifs is 3. The van der Waals surface area contributed by atoms with Crippen LogP contribution in [-0.2, 0) is 23.1 Å². The van der Waals surface area contributed by atoms with E-state index in [-0.39, 0.29) is 18.0 Å². The third-order valence-corrected chi connectivity index (χ3v) is 6.94. The highest BCUT2D eigenvalue weighted by Gasteiger charge is 2.33. The summed E-state index contributed by atoms with van der Waals surface area (Å²) in [5.41, 5.74) is 3.30. The molecule has 0 unspecified atom stereocenters. The lowest BCUT2D eigenvalue weighted by atomic mass is 10.1. The Balaban J connectivity index is 1.68. The van der Waals surface area contributed by atoms with Gasteiger partial charge in [0, 0.05) is 30.7 Å². The normalized spacial score (nSPS) is 15.0. The van der Waals surface area contributed by atoms with Gasteiger partial charge in [-0.2, -0.15) is 4.31 Å². The van der Waals surface area contributed by atoms with Crippen molar-refractivity contribution in [3.63, 3.8) is 0 Å². The van der Waals surface area contributed by atoms with Crippen molar-refractivity contribution < 1.29 is 13.2 Å². The molecule has 9 nitrogen and oxygen atoms in total. The Morgan fingerprint density at radius 2 is 1.97 bits per heavy atom. The highest BCUT2D eigenvalue weighted by Crippen LogP contribution is 2.35. The average molecular weight is 434 g/mol. The summed E-state index contributed by atoms with van der Waals surface area (Å²) in [6.07, 6.45) is 6.52. The summed E-state index contributed by atoms with van der Waals surface area (Å²) in [6, 6.07) is 12.5. The lowest BCUT2D eigenvalue weighted by Crippen LogP contribution is -2.29. The van der Waals surface area contributed by atoms with E-state index < -0.39 is 10.0 Å². The van der Waals surface area contributed by atoms with Crippen molar-refractivity contribution in [2.45, 2.75) is 18.0 Å². The molecular formula is C21H18N6O3S. The van der Waals surface area contributed by atoms with E-state index in [1.165, 1.54) is 11.4 Å². The molecule has 0 fully saturated rings. The Morgan fingerprint density at radius 3 is 2.77 bits per heavy atom. The number of methoxy groups -OCH3 is 1. The zero-order chi connectivity index (χ0) is 21.4. The van der Waals surface area contributed by atoms with E-state index in [4.69, 9.17) is 4.74 Å². The maximum atomic E-state index is 13.7. The number of hydrogen-bond acceptors (Lipinski definition) is 7. The second kappa shape index (κ2) is 7.56. The van der Waals surface area contributed by atoms with Gasteiger partial charge in [-0.1, -0.05) is 17.3 Å². The number of aromatic nitrogens is 5. The minimum absolute atomic E-state index is 0.143. The van der Waals surface area contributed by atoms with Gasteiger partial charge in [0.1, 0.15) is 4.90 Å². The summed E-state index contributed by atoms with van der Waals surface area (Å²) in [5, 5.41) is 8.12. The zero-order valence-electron chi connectivity index (χ0n) is 16.6. The third-order valence-electron chi connectivity index (χ3n) is 5.12. The van der Waals surface area contributed by atoms with Crippen LogP contribution >= 0.6 is 0 Å². The molecule has 1 aromatic carbocycles. The molecular weight excluding hydrogens is 416 g/mol. The zero-order valence-corrected chi connectivity index (χ0v) is 17.4. The highest BCUT2D eigenvalue weighted by molar-refractivity contribution is 7.89. The van der Waals surface area contributed by atoms with Gasteiger partial charge < -0.3 is 4.74 Å². The molecule has 0 radical (unpaired) electrons. The van der Waals surface area contributed by atoms with E-state index >= 15 is 0 Å². The fourth-order valence-electron chi connectivity index (χ4n) is 3.64. The summed E-state index contributed by atoms with van der Waals surface area (Å²) in [4.78, 5) is 8.47. The highest BCUT2D eigenvalue weighted by atomic mass is 32.2. The molecule has 4 aromatic rings. The molecule has 0 spiro atoms. The van der Waals surface area contributed by atoms with Gasteiger partial charge in [-0.15, -0.1) is 5.10 Å². The second-order valence-electron chi connectivity index (χ2n) is 7.01. The first kappa shape index (κ1) is 19.3. The summed E-state index contributed by atoms with van der Waals surface area (Å²) in [6.45, 7) is 0.325. The SMILES string of the molecule is COc1ncccc1-c1ccc2c(c1)S(=O)(=O)N(Cc1cccnc1)Cc1cnnn1-2. The molecule has 0 saturated heterocycles. The Morgan fingerprint density at radius 1 is 1.10 bits per heavy atom. The van der Waals surface area contributed by atoms with Crippen molar-refractivity contribution in [1.82, 2.24) is 29.3 Å². The van der Waals surface area contributed by atoms with Gasteiger partial charge in [-0.25, -0.2) is 18.1 Å². The number of hydrogen-bond donors (Lipinski definition) is 0. The first-order chi connectivity index (χ1) is 15.1. The Labute approximate surface area is 179 Å². The fraction of sp³-hybridized carbons (Fsp3) is 0.143. The molecule has 0 aliphatic carbocycles. The Kier molecular flexibility index (Phi) is 4.72. The van der Waals surface area contributed by atoms with Gasteiger partial charge in [0.05, 0.1) is 31.2 Å². The summed E-state index contributed by atoms with van der Waals surface area (Å²) < 4.78 is 35.8. The van der Waals surface area contributed by atoms with Gasteiger partial charge in [-0.3, -0.25) is 4.98 Å². The van der Waals surface area contributed by atoms with Gasteiger partial charge in [-0.05, 0) is 41.5 Å². The van der Waals surface area contributed by atoms with Crippen LogP contribution in [0.4, 0.5) is 0 Å². The number of sulfonamides is 1. The molecule has 0 bridgehead atoms. The van der Waals surface area contributed by atoms with E-state index in [9.17, 15) is 8.42 Å². The topological polar surface area (TPSA) is 103 Å². The van der Waals surface area contributed by atoms with Crippen LogP contribution in [0.2, 0.25) is 0 Å². The first-order valence-corrected chi connectivity index (χ1v) is 10.9. The van der Waals surface area contributed by atoms with Crippen LogP contribution in [0.25, 0.3) is 16.8 Å². The van der Waals surface area contributed by atoms with E-state index in [2.05, 4.69) is 20.3 Å². The molecule has 1 aliphatic rings. The van der Waals surface area contributed by atoms with Gasteiger partial charge >= 0.3 is 0 Å². The van der Waals surface area contributed by atoms with Crippen molar-refractivity contribution in [3.8, 4) is 22.7 Å². The quantitative estimate of drug-likeness (QED) is 0.486. The number of ether oxygens (including phenoxy) is 1. The van der Waals surface area contributed by atoms with Gasteiger partial charge in [0.2, 0.25) is 15.9 Å². The molecule has 0 saturated carbocycles. The Hall–Kier alpha value is -3.63. The van der Waals surface area contributed by atoms with Crippen LogP contribution in [0, 0.1) is 0 Å². The van der Waals surface area contributed by atoms with E-state index in [0.29, 0.717) is 28.4 Å². The summed E-state index contributed by atoms with van der Waals surface area (Å²) >= 11 is 0. The third kappa shape index (κ3) is 3.35. The maximum Gasteiger partial charge on any atom is 0.245 e. The molecule has 0 N–H and O–H groups in total. The minimum Gasteiger partial charge on any atom is -0.481 e. The maximum absolute atomic E-state index is 13.7. The average Bonchev–Trinajstić information content (AvgIpc) is 3.24. The van der Waals surface area contributed by atoms with Crippen LogP contribution in [-0.4, -0.2) is 44.8 Å². The van der Waals surface area contributed by atoms with Crippen molar-refractivity contribution in [1.29, 1.82) is 0 Å². The standard InChI is InChI=1S/C21H18N6O3S/c1-30-21-18(5-3-9-23-21)16-6-7-19-20(10-16)31(28,29)26(13-15-4-2-8-22-11-15)14-17-12-24-25-27(17)19/h2-12H,13-14H2,1H3. The molecule has 1 aliphatic heterocycles. The second-order valence-corrected chi connectivity index (χ2v) is 8.92. The van der Waals surface area contributed by atoms with E-state index in [0.717, 1.165) is 5.56 Å². The van der Waals surface area contributed by atoms with Crippen molar-refractivity contribution in [2.24, 2.45) is 0 Å². The summed E-state index contributed by atoms with van der Waals surface area (Å²) in [7, 11) is -2.32. The largest absolute Gasteiger partial charge is 0.481 e. The van der Waals surface area contributed by atoms with Crippen molar-refractivity contribution >= 4 is 10.0 Å². The predicted octanol–water partition coefficient (Wildman–Crippen LogP) is 2.44. The van der Waals surface area contributed by atoms with Crippen molar-refractivity contribution in [2.75, 3.05) is 7.11 Å². The molecule has 10 heteroatoms. The molecule has 156 valence electrons. The smallest absolute Gasteiger partial charge is 0.245 e. The molecule has 31 heavy (non-hydrogen) atoms. The fourth-order valence-corrected chi connectivity index (χ4v) is 5.24. The van der Waals surface area contributed by atoms with Crippen LogP contribution < -0.4 is 4.74 Å². The Bertz CT molecular complexity index is 1350. The molecule has 5 rings (SSSR count). The molecule has 0 amide bonds. The van der Waals surface area contributed by atoms with E-state index in [1.54, 1.807) is 53.7 Å². The predicted molar refractivity (Wildman–Crippen MR) is 112 cm³/mol. The van der Waals surface area contributed by atoms with Gasteiger partial charge in [0.25, 0.3) is 0 Å². The monoisotopic (exact) mass is 434 g/mol. The van der Waals surface area contributed by atoms with Crippen LogP contribution in [0.15, 0.2) is 72.1 Å². The minimum atomic E-state index is -3.85. The van der Waals surface area contributed by atoms with Crippen molar-refractivity contribution in [3.05, 3.63) is 78.5 Å². The number of pyridine rings is 2. The number of nitrogens with zero attached hydrogens (tertiary/aromatic N) is 6. The van der Waals surface area contributed by atoms with Crippen LogP contribution in [0.1, 0.15) is 11.3 Å². The lowest BCUT2D eigenvalue weighted by molar-refractivity contribution is 0.398. The lowest BCUT2D eigenvalue weighted by Gasteiger charge is -2.20. The molecule has 4 heterocycles. The van der Waals surface area contributed by atoms with Gasteiger partial charge in [0.15, 0.2) is 0 Å².